The SMILES string of the molecule is CC(C)NC(=O)CCC(C)(C)C(=O)NS(C)(=O)=O. The third-order valence-electron chi connectivity index (χ3n) is 2.32. The zero-order valence-corrected chi connectivity index (χ0v) is 12.3. The number of sulfonamides is 1. The van der Waals surface area contributed by atoms with Crippen LogP contribution in [0.25, 0.3) is 0 Å². The molecule has 7 heteroatoms. The Morgan fingerprint density at radius 3 is 2.11 bits per heavy atom. The lowest BCUT2D eigenvalue weighted by Crippen LogP contribution is -2.41. The predicted molar refractivity (Wildman–Crippen MR) is 69.3 cm³/mol. The minimum Gasteiger partial charge on any atom is -0.354 e. The van der Waals surface area contributed by atoms with Gasteiger partial charge in [-0.05, 0) is 20.3 Å². The van der Waals surface area contributed by atoms with E-state index in [0.717, 1.165) is 6.26 Å². The van der Waals surface area contributed by atoms with Crippen LogP contribution in [0, 0.1) is 5.41 Å². The Kier molecular flexibility index (Phi) is 5.79. The van der Waals surface area contributed by atoms with Crippen molar-refractivity contribution in [1.29, 1.82) is 0 Å². The molecule has 0 heterocycles. The van der Waals surface area contributed by atoms with Gasteiger partial charge in [0, 0.05) is 17.9 Å². The van der Waals surface area contributed by atoms with Gasteiger partial charge in [0.2, 0.25) is 21.8 Å². The van der Waals surface area contributed by atoms with Gasteiger partial charge < -0.3 is 5.32 Å². The zero-order chi connectivity index (χ0) is 14.6. The van der Waals surface area contributed by atoms with E-state index in [-0.39, 0.29) is 24.8 Å². The van der Waals surface area contributed by atoms with Gasteiger partial charge in [0.15, 0.2) is 0 Å². The molecule has 0 fully saturated rings. The molecule has 2 N–H and O–H groups in total. The van der Waals surface area contributed by atoms with Gasteiger partial charge in [-0.25, -0.2) is 8.42 Å². The summed E-state index contributed by atoms with van der Waals surface area (Å²) in [5.41, 5.74) is -0.905. The molecule has 0 radical (unpaired) electrons. The summed E-state index contributed by atoms with van der Waals surface area (Å²) in [5.74, 6) is -0.743. The third-order valence-corrected chi connectivity index (χ3v) is 2.88. The molecule has 0 saturated heterocycles. The normalized spacial score (nSPS) is 12.3. The van der Waals surface area contributed by atoms with E-state index in [1.165, 1.54) is 0 Å². The van der Waals surface area contributed by atoms with E-state index in [0.29, 0.717) is 0 Å². The van der Waals surface area contributed by atoms with Crippen molar-refractivity contribution >= 4 is 21.8 Å². The molecular weight excluding hydrogens is 256 g/mol. The Hall–Kier alpha value is -1.11. The first-order chi connectivity index (χ1) is 7.94. The second kappa shape index (κ2) is 6.17. The van der Waals surface area contributed by atoms with Crippen LogP contribution in [0.4, 0.5) is 0 Å². The van der Waals surface area contributed by atoms with Crippen LogP contribution in [0.2, 0.25) is 0 Å². The van der Waals surface area contributed by atoms with Crippen LogP contribution in [0.15, 0.2) is 0 Å². The van der Waals surface area contributed by atoms with Gasteiger partial charge in [-0.15, -0.1) is 0 Å². The summed E-state index contributed by atoms with van der Waals surface area (Å²) in [4.78, 5) is 23.1. The smallest absolute Gasteiger partial charge is 0.239 e. The summed E-state index contributed by atoms with van der Waals surface area (Å²) in [7, 11) is -3.56. The van der Waals surface area contributed by atoms with Crippen LogP contribution in [-0.4, -0.2) is 32.5 Å². The largest absolute Gasteiger partial charge is 0.354 e. The van der Waals surface area contributed by atoms with Crippen LogP contribution < -0.4 is 10.0 Å². The molecule has 0 saturated carbocycles. The highest BCUT2D eigenvalue weighted by Gasteiger charge is 2.30. The van der Waals surface area contributed by atoms with Crippen molar-refractivity contribution in [2.75, 3.05) is 6.26 Å². The number of rotatable bonds is 6. The molecule has 0 rings (SSSR count). The second-order valence-corrected chi connectivity index (χ2v) is 7.06. The minimum absolute atomic E-state index is 0.0467. The lowest BCUT2D eigenvalue weighted by Gasteiger charge is -2.22. The van der Waals surface area contributed by atoms with Crippen LogP contribution in [-0.2, 0) is 19.6 Å². The Morgan fingerprint density at radius 1 is 1.22 bits per heavy atom. The summed E-state index contributed by atoms with van der Waals surface area (Å²) >= 11 is 0. The Balaban J connectivity index is 4.39. The molecule has 0 aromatic heterocycles. The van der Waals surface area contributed by atoms with Gasteiger partial charge >= 0.3 is 0 Å². The summed E-state index contributed by atoms with van der Waals surface area (Å²) in [5, 5.41) is 2.71. The monoisotopic (exact) mass is 278 g/mol. The highest BCUT2D eigenvalue weighted by atomic mass is 32.2. The first-order valence-electron chi connectivity index (χ1n) is 5.75. The first kappa shape index (κ1) is 16.9. The Labute approximate surface area is 109 Å². The Morgan fingerprint density at radius 2 is 1.72 bits per heavy atom. The molecule has 0 spiro atoms. The molecule has 6 nitrogen and oxygen atoms in total. The van der Waals surface area contributed by atoms with Crippen LogP contribution in [0.5, 0.6) is 0 Å². The van der Waals surface area contributed by atoms with Crippen molar-refractivity contribution in [3.05, 3.63) is 0 Å². The summed E-state index contributed by atoms with van der Waals surface area (Å²) < 4.78 is 23.8. The quantitative estimate of drug-likeness (QED) is 0.735. The van der Waals surface area contributed by atoms with Gasteiger partial charge in [-0.1, -0.05) is 13.8 Å². The van der Waals surface area contributed by atoms with Crippen molar-refractivity contribution in [2.45, 2.75) is 46.6 Å². The molecule has 2 amide bonds. The fourth-order valence-corrected chi connectivity index (χ4v) is 1.85. The molecule has 0 aromatic carbocycles. The maximum atomic E-state index is 11.7. The maximum absolute atomic E-state index is 11.7. The highest BCUT2D eigenvalue weighted by Crippen LogP contribution is 2.22. The molecule has 18 heavy (non-hydrogen) atoms. The van der Waals surface area contributed by atoms with Crippen LogP contribution in [0.1, 0.15) is 40.5 Å². The van der Waals surface area contributed by atoms with Crippen molar-refractivity contribution in [3.8, 4) is 0 Å². The third kappa shape index (κ3) is 7.26. The van der Waals surface area contributed by atoms with Crippen molar-refractivity contribution in [2.24, 2.45) is 5.41 Å². The van der Waals surface area contributed by atoms with Gasteiger partial charge in [-0.2, -0.15) is 0 Å². The lowest BCUT2D eigenvalue weighted by atomic mass is 9.87. The summed E-state index contributed by atoms with van der Waals surface area (Å²) in [6, 6.07) is 0.0467. The summed E-state index contributed by atoms with van der Waals surface area (Å²) in [6.45, 7) is 6.91. The molecule has 0 aliphatic heterocycles. The van der Waals surface area contributed by atoms with Gasteiger partial charge in [0.25, 0.3) is 0 Å². The zero-order valence-electron chi connectivity index (χ0n) is 11.5. The minimum atomic E-state index is -3.56. The topological polar surface area (TPSA) is 92.3 Å². The maximum Gasteiger partial charge on any atom is 0.239 e. The van der Waals surface area contributed by atoms with Crippen LogP contribution in [0.3, 0.4) is 0 Å². The molecule has 0 atom stereocenters. The standard InChI is InChI=1S/C11H22N2O4S/c1-8(2)12-9(14)6-7-11(3,4)10(15)13-18(5,16)17/h8H,6-7H2,1-5H3,(H,12,14)(H,13,15). The van der Waals surface area contributed by atoms with Crippen molar-refractivity contribution in [3.63, 3.8) is 0 Å². The van der Waals surface area contributed by atoms with E-state index in [1.807, 2.05) is 18.6 Å². The number of carbonyl (C=O) groups excluding carboxylic acids is 2. The molecular formula is C11H22N2O4S. The molecule has 0 unspecified atom stereocenters. The molecule has 0 aromatic rings. The fraction of sp³-hybridized carbons (Fsp3) is 0.818. The van der Waals surface area contributed by atoms with Gasteiger partial charge in [0.05, 0.1) is 6.26 Å². The average molecular weight is 278 g/mol. The van der Waals surface area contributed by atoms with E-state index in [1.54, 1.807) is 13.8 Å². The fourth-order valence-electron chi connectivity index (χ4n) is 1.24. The molecule has 106 valence electrons. The molecule has 0 aliphatic rings. The summed E-state index contributed by atoms with van der Waals surface area (Å²) in [6.07, 6.45) is 1.39. The Bertz CT molecular complexity index is 413. The number of carbonyl (C=O) groups is 2. The number of hydrogen-bond acceptors (Lipinski definition) is 4. The number of amides is 2. The van der Waals surface area contributed by atoms with Crippen LogP contribution >= 0.6 is 0 Å². The second-order valence-electron chi connectivity index (χ2n) is 5.31. The van der Waals surface area contributed by atoms with Crippen molar-refractivity contribution in [1.82, 2.24) is 10.0 Å². The van der Waals surface area contributed by atoms with Gasteiger partial charge in [0.1, 0.15) is 0 Å². The highest BCUT2D eigenvalue weighted by molar-refractivity contribution is 7.89. The number of nitrogens with one attached hydrogen (secondary N) is 2. The molecule has 0 aliphatic carbocycles. The van der Waals surface area contributed by atoms with Crippen molar-refractivity contribution < 1.29 is 18.0 Å². The predicted octanol–water partition coefficient (Wildman–Crippen LogP) is 0.393. The number of hydrogen-bond donors (Lipinski definition) is 2. The van der Waals surface area contributed by atoms with E-state index in [4.69, 9.17) is 0 Å². The van der Waals surface area contributed by atoms with E-state index in [9.17, 15) is 18.0 Å². The first-order valence-corrected chi connectivity index (χ1v) is 7.65. The van der Waals surface area contributed by atoms with E-state index < -0.39 is 21.3 Å². The van der Waals surface area contributed by atoms with E-state index in [2.05, 4.69) is 5.32 Å². The lowest BCUT2D eigenvalue weighted by molar-refractivity contribution is -0.128. The molecule has 0 bridgehead atoms. The van der Waals surface area contributed by atoms with E-state index >= 15 is 0 Å². The average Bonchev–Trinajstić information content (AvgIpc) is 2.11. The van der Waals surface area contributed by atoms with Gasteiger partial charge in [-0.3, -0.25) is 14.3 Å².